The van der Waals surface area contributed by atoms with Gasteiger partial charge in [0.15, 0.2) is 0 Å². The van der Waals surface area contributed by atoms with Gasteiger partial charge in [-0.15, -0.1) is 0 Å². The zero-order valence-electron chi connectivity index (χ0n) is 8.81. The fraction of sp³-hybridized carbons (Fsp3) is 0.909. The quantitative estimate of drug-likeness (QED) is 0.570. The van der Waals surface area contributed by atoms with Gasteiger partial charge >= 0.3 is 0 Å². The smallest absolute Gasteiger partial charge is 0.222 e. The third-order valence-electron chi connectivity index (χ3n) is 3.36. The van der Waals surface area contributed by atoms with Crippen molar-refractivity contribution in [2.75, 3.05) is 0 Å². The van der Waals surface area contributed by atoms with E-state index in [1.807, 2.05) is 0 Å². The summed E-state index contributed by atoms with van der Waals surface area (Å²) in [5.41, 5.74) is 0.587. The summed E-state index contributed by atoms with van der Waals surface area (Å²) in [5.74, 6) is 0.995. The van der Waals surface area contributed by atoms with Gasteiger partial charge in [0.1, 0.15) is 0 Å². The number of nitrogens with one attached hydrogen (secondary N) is 1. The van der Waals surface area contributed by atoms with Gasteiger partial charge in [0.2, 0.25) is 5.91 Å². The highest BCUT2D eigenvalue weighted by Gasteiger charge is 2.49. The Bertz CT molecular complexity index is 236. The van der Waals surface area contributed by atoms with Crippen molar-refractivity contribution in [1.29, 1.82) is 0 Å². The lowest BCUT2D eigenvalue weighted by Gasteiger charge is -2.52. The zero-order valence-corrected chi connectivity index (χ0v) is 8.81. The van der Waals surface area contributed by atoms with Crippen LogP contribution in [-0.4, -0.2) is 11.4 Å². The SMILES string of the molecule is CC1CC(C)(C)CC2(CC(=O)N2)C1. The van der Waals surface area contributed by atoms with Crippen molar-refractivity contribution in [2.45, 2.75) is 52.0 Å². The fourth-order valence-electron chi connectivity index (χ4n) is 3.56. The van der Waals surface area contributed by atoms with Crippen molar-refractivity contribution >= 4 is 5.91 Å². The number of amides is 1. The third kappa shape index (κ3) is 1.59. The topological polar surface area (TPSA) is 29.1 Å². The molecule has 1 N–H and O–H groups in total. The molecule has 13 heavy (non-hydrogen) atoms. The van der Waals surface area contributed by atoms with E-state index in [0.717, 1.165) is 18.8 Å². The molecule has 2 rings (SSSR count). The van der Waals surface area contributed by atoms with Crippen molar-refractivity contribution in [3.63, 3.8) is 0 Å². The second kappa shape index (κ2) is 2.49. The Balaban J connectivity index is 2.10. The first kappa shape index (κ1) is 9.04. The number of rotatable bonds is 0. The normalized spacial score (nSPS) is 42.7. The number of carbonyl (C=O) groups is 1. The van der Waals surface area contributed by atoms with Gasteiger partial charge in [-0.3, -0.25) is 4.79 Å². The van der Waals surface area contributed by atoms with Crippen LogP contribution in [0.3, 0.4) is 0 Å². The Morgan fingerprint density at radius 3 is 2.46 bits per heavy atom. The number of β-lactam (4-membered cyclic amide) rings is 1. The highest BCUT2D eigenvalue weighted by atomic mass is 16.2. The number of carbonyl (C=O) groups excluding carboxylic acids is 1. The summed E-state index contributed by atoms with van der Waals surface area (Å²) in [4.78, 5) is 11.0. The first-order valence-corrected chi connectivity index (χ1v) is 5.22. The predicted octanol–water partition coefficient (Wildman–Crippen LogP) is 2.09. The summed E-state index contributed by atoms with van der Waals surface area (Å²) in [5, 5.41) is 3.11. The van der Waals surface area contributed by atoms with Crippen molar-refractivity contribution < 1.29 is 4.79 Å². The first-order chi connectivity index (χ1) is 5.91. The first-order valence-electron chi connectivity index (χ1n) is 5.22. The van der Waals surface area contributed by atoms with Crippen LogP contribution in [-0.2, 0) is 4.79 Å². The van der Waals surface area contributed by atoms with Gasteiger partial charge in [-0.25, -0.2) is 0 Å². The zero-order chi connectivity index (χ0) is 9.69. The molecule has 1 amide bonds. The summed E-state index contributed by atoms with van der Waals surface area (Å²) in [7, 11) is 0. The van der Waals surface area contributed by atoms with Crippen LogP contribution < -0.4 is 5.32 Å². The largest absolute Gasteiger partial charge is 0.350 e. The molecule has 2 unspecified atom stereocenters. The Labute approximate surface area is 80.1 Å². The summed E-state index contributed by atoms with van der Waals surface area (Å²) in [6.07, 6.45) is 4.41. The maximum Gasteiger partial charge on any atom is 0.222 e. The van der Waals surface area contributed by atoms with Crippen LogP contribution in [0.15, 0.2) is 0 Å². The molecule has 2 aliphatic rings. The predicted molar refractivity (Wildman–Crippen MR) is 52.3 cm³/mol. The highest BCUT2D eigenvalue weighted by Crippen LogP contribution is 2.47. The molecule has 2 nitrogen and oxygen atoms in total. The second-order valence-electron chi connectivity index (χ2n) is 5.86. The van der Waals surface area contributed by atoms with Crippen molar-refractivity contribution in [3.05, 3.63) is 0 Å². The summed E-state index contributed by atoms with van der Waals surface area (Å²) < 4.78 is 0. The van der Waals surface area contributed by atoms with Gasteiger partial charge in [0.05, 0.1) is 0 Å². The molecule has 0 aromatic heterocycles. The van der Waals surface area contributed by atoms with Gasteiger partial charge in [-0.1, -0.05) is 20.8 Å². The highest BCUT2D eigenvalue weighted by molar-refractivity contribution is 5.84. The molecule has 1 aliphatic carbocycles. The van der Waals surface area contributed by atoms with Crippen LogP contribution in [0.5, 0.6) is 0 Å². The minimum absolute atomic E-state index is 0.179. The molecule has 0 aromatic carbocycles. The average Bonchev–Trinajstić information content (AvgIpc) is 1.77. The van der Waals surface area contributed by atoms with E-state index in [2.05, 4.69) is 26.1 Å². The van der Waals surface area contributed by atoms with Crippen LogP contribution >= 0.6 is 0 Å². The monoisotopic (exact) mass is 181 g/mol. The van der Waals surface area contributed by atoms with Crippen molar-refractivity contribution in [3.8, 4) is 0 Å². The molecule has 0 radical (unpaired) electrons. The molecule has 1 aliphatic heterocycles. The molecular formula is C11H19NO. The Kier molecular flexibility index (Phi) is 1.73. The molecule has 1 saturated carbocycles. The van der Waals surface area contributed by atoms with Crippen LogP contribution in [0.4, 0.5) is 0 Å². The lowest BCUT2D eigenvalue weighted by Crippen LogP contribution is -2.64. The fourth-order valence-corrected chi connectivity index (χ4v) is 3.56. The molecular weight excluding hydrogens is 162 g/mol. The molecule has 1 spiro atoms. The standard InChI is InChI=1S/C11H19NO/c1-8-4-10(2,3)7-11(5-8)6-9(13)12-11/h8H,4-7H2,1-3H3,(H,12,13). The molecule has 2 fully saturated rings. The lowest BCUT2D eigenvalue weighted by atomic mass is 9.61. The second-order valence-corrected chi connectivity index (χ2v) is 5.86. The van der Waals surface area contributed by atoms with E-state index in [4.69, 9.17) is 0 Å². The summed E-state index contributed by atoms with van der Waals surface area (Å²) in [6.45, 7) is 6.93. The maximum absolute atomic E-state index is 11.0. The molecule has 0 bridgehead atoms. The Morgan fingerprint density at radius 2 is 2.00 bits per heavy atom. The lowest BCUT2D eigenvalue weighted by molar-refractivity contribution is -0.136. The van der Waals surface area contributed by atoms with Gasteiger partial charge in [-0.05, 0) is 30.6 Å². The van der Waals surface area contributed by atoms with Crippen molar-refractivity contribution in [1.82, 2.24) is 5.32 Å². The van der Waals surface area contributed by atoms with E-state index in [1.165, 1.54) is 12.8 Å². The molecule has 74 valence electrons. The third-order valence-corrected chi connectivity index (χ3v) is 3.36. The van der Waals surface area contributed by atoms with E-state index >= 15 is 0 Å². The van der Waals surface area contributed by atoms with Crippen LogP contribution in [0.25, 0.3) is 0 Å². The van der Waals surface area contributed by atoms with Gasteiger partial charge in [0.25, 0.3) is 0 Å². The van der Waals surface area contributed by atoms with Crippen LogP contribution in [0, 0.1) is 11.3 Å². The molecule has 0 aromatic rings. The number of hydrogen-bond acceptors (Lipinski definition) is 1. The molecule has 2 atom stereocenters. The average molecular weight is 181 g/mol. The minimum atomic E-state index is 0.179. The van der Waals surface area contributed by atoms with Crippen molar-refractivity contribution in [2.24, 2.45) is 11.3 Å². The van der Waals surface area contributed by atoms with E-state index in [1.54, 1.807) is 0 Å². The molecule has 1 heterocycles. The van der Waals surface area contributed by atoms with Crippen LogP contribution in [0.2, 0.25) is 0 Å². The molecule has 2 heteroatoms. The Morgan fingerprint density at radius 1 is 1.38 bits per heavy atom. The van der Waals surface area contributed by atoms with E-state index < -0.39 is 0 Å². The minimum Gasteiger partial charge on any atom is -0.350 e. The Hall–Kier alpha value is -0.530. The molecule has 1 saturated heterocycles. The summed E-state index contributed by atoms with van der Waals surface area (Å²) in [6, 6.07) is 0. The van der Waals surface area contributed by atoms with Gasteiger partial charge < -0.3 is 5.32 Å². The van der Waals surface area contributed by atoms with Gasteiger partial charge in [-0.2, -0.15) is 0 Å². The maximum atomic E-state index is 11.0. The van der Waals surface area contributed by atoms with E-state index in [0.29, 0.717) is 5.41 Å². The van der Waals surface area contributed by atoms with Crippen LogP contribution in [0.1, 0.15) is 46.5 Å². The number of hydrogen-bond donors (Lipinski definition) is 1. The van der Waals surface area contributed by atoms with E-state index in [9.17, 15) is 4.79 Å². The van der Waals surface area contributed by atoms with Gasteiger partial charge in [0, 0.05) is 12.0 Å². The van der Waals surface area contributed by atoms with E-state index in [-0.39, 0.29) is 11.4 Å². The summed E-state index contributed by atoms with van der Waals surface area (Å²) >= 11 is 0.